The van der Waals surface area contributed by atoms with Crippen molar-refractivity contribution >= 4 is 38.2 Å². The van der Waals surface area contributed by atoms with Crippen LogP contribution in [0.15, 0.2) is 78.9 Å². The van der Waals surface area contributed by atoms with Crippen LogP contribution in [0, 0.1) is 5.41 Å². The van der Waals surface area contributed by atoms with Crippen LogP contribution in [-0.4, -0.2) is 35.8 Å². The van der Waals surface area contributed by atoms with E-state index in [2.05, 4.69) is 45.0 Å². The number of rotatable bonds is 5. The molecule has 0 saturated carbocycles. The highest BCUT2D eigenvalue weighted by molar-refractivity contribution is 7.98. The zero-order valence-corrected chi connectivity index (χ0v) is 20.9. The van der Waals surface area contributed by atoms with Crippen LogP contribution < -0.4 is 4.74 Å². The van der Waals surface area contributed by atoms with Crippen molar-refractivity contribution in [2.75, 3.05) is 24.7 Å². The number of carbonyl (C=O) groups is 1. The maximum absolute atomic E-state index is 14.0. The summed E-state index contributed by atoms with van der Waals surface area (Å²) in [5, 5.41) is 4.22. The van der Waals surface area contributed by atoms with Gasteiger partial charge in [0.25, 0.3) is 0 Å². The first-order valence-electron chi connectivity index (χ1n) is 11.9. The summed E-state index contributed by atoms with van der Waals surface area (Å²) in [5.41, 5.74) is 0.680. The van der Waals surface area contributed by atoms with Gasteiger partial charge in [0.2, 0.25) is 5.78 Å². The lowest BCUT2D eigenvalue weighted by Gasteiger charge is -2.31. The van der Waals surface area contributed by atoms with Gasteiger partial charge in [-0.2, -0.15) is 0 Å². The molecule has 1 heterocycles. The lowest BCUT2D eigenvalue weighted by Crippen LogP contribution is -2.47. The molecular formula is C30H31O3S+. The van der Waals surface area contributed by atoms with E-state index in [0.717, 1.165) is 57.9 Å². The Hall–Kier alpha value is -2.82. The van der Waals surface area contributed by atoms with Crippen LogP contribution >= 0.6 is 0 Å². The molecule has 4 aromatic carbocycles. The molecule has 4 aromatic rings. The Balaban J connectivity index is 1.53. The van der Waals surface area contributed by atoms with Gasteiger partial charge in [-0.3, -0.25) is 4.79 Å². The van der Waals surface area contributed by atoms with Gasteiger partial charge in [-0.05, 0) is 40.4 Å². The van der Waals surface area contributed by atoms with E-state index < -0.39 is 0 Å². The normalized spacial score (nSPS) is 16.0. The fourth-order valence-electron chi connectivity index (χ4n) is 4.89. The summed E-state index contributed by atoms with van der Waals surface area (Å²) >= 11 is 0. The molecule has 1 aliphatic heterocycles. The summed E-state index contributed by atoms with van der Waals surface area (Å²) in [4.78, 5) is 14.0. The number of Topliss-reactive ketones (excluding diaryl/α,β-unsaturated/α-hetero) is 1. The van der Waals surface area contributed by atoms with Gasteiger partial charge in [0.1, 0.15) is 23.0 Å². The van der Waals surface area contributed by atoms with Gasteiger partial charge in [0.15, 0.2) is 5.25 Å². The van der Waals surface area contributed by atoms with Crippen LogP contribution in [0.4, 0.5) is 0 Å². The Kier molecular flexibility index (Phi) is 6.37. The third-order valence-corrected chi connectivity index (χ3v) is 9.41. The Labute approximate surface area is 204 Å². The first kappa shape index (κ1) is 22.9. The average Bonchev–Trinajstić information content (AvgIpc) is 2.84. The van der Waals surface area contributed by atoms with Crippen molar-refractivity contribution in [1.29, 1.82) is 0 Å². The van der Waals surface area contributed by atoms with Crippen LogP contribution in [0.5, 0.6) is 11.5 Å². The highest BCUT2D eigenvalue weighted by Crippen LogP contribution is 2.37. The maximum atomic E-state index is 14.0. The molecule has 0 amide bonds. The molecule has 1 atom stereocenters. The smallest absolute Gasteiger partial charge is 0.216 e. The zero-order chi connectivity index (χ0) is 23.7. The SMILES string of the molecule is CC(C)(C)C(C(=O)c1ccc(Oc2ccc3ccccc3c2)c2ccccc12)[S+]1CCOCC1. The molecule has 174 valence electrons. The number of fused-ring (bicyclic) bond motifs is 2. The van der Waals surface area contributed by atoms with Crippen LogP contribution in [0.2, 0.25) is 0 Å². The number of carbonyl (C=O) groups excluding carboxylic acids is 1. The summed E-state index contributed by atoms with van der Waals surface area (Å²) in [5.74, 6) is 3.73. The van der Waals surface area contributed by atoms with Crippen LogP contribution in [-0.2, 0) is 15.6 Å². The van der Waals surface area contributed by atoms with Gasteiger partial charge in [-0.1, -0.05) is 75.4 Å². The first-order valence-corrected chi connectivity index (χ1v) is 13.5. The van der Waals surface area contributed by atoms with E-state index >= 15 is 0 Å². The van der Waals surface area contributed by atoms with Crippen molar-refractivity contribution < 1.29 is 14.3 Å². The topological polar surface area (TPSA) is 35.5 Å². The molecule has 4 heteroatoms. The van der Waals surface area contributed by atoms with Crippen molar-refractivity contribution in [2.24, 2.45) is 5.41 Å². The van der Waals surface area contributed by atoms with Crippen molar-refractivity contribution in [1.82, 2.24) is 0 Å². The number of hydrogen-bond donors (Lipinski definition) is 0. The quantitative estimate of drug-likeness (QED) is 0.231. The Morgan fingerprint density at radius 1 is 0.853 bits per heavy atom. The molecule has 3 nitrogen and oxygen atoms in total. The Morgan fingerprint density at radius 3 is 2.26 bits per heavy atom. The summed E-state index contributed by atoms with van der Waals surface area (Å²) in [6, 6.07) is 26.4. The van der Waals surface area contributed by atoms with E-state index in [1.165, 1.54) is 5.39 Å². The largest absolute Gasteiger partial charge is 0.457 e. The molecule has 0 aliphatic carbocycles. The predicted octanol–water partition coefficient (Wildman–Crippen LogP) is 7.03. The van der Waals surface area contributed by atoms with Crippen molar-refractivity contribution in [2.45, 2.75) is 26.0 Å². The molecule has 5 rings (SSSR count). The van der Waals surface area contributed by atoms with Crippen LogP contribution in [0.1, 0.15) is 31.1 Å². The summed E-state index contributed by atoms with van der Waals surface area (Å²) in [7, 11) is 0.0185. The van der Waals surface area contributed by atoms with Crippen molar-refractivity contribution in [3.05, 3.63) is 84.4 Å². The lowest BCUT2D eigenvalue weighted by atomic mass is 9.86. The zero-order valence-electron chi connectivity index (χ0n) is 20.0. The fourth-order valence-corrected chi connectivity index (χ4v) is 7.66. The fraction of sp³-hybridized carbons (Fsp3) is 0.300. The van der Waals surface area contributed by atoms with E-state index in [4.69, 9.17) is 9.47 Å². The minimum Gasteiger partial charge on any atom is -0.457 e. The summed E-state index contributed by atoms with van der Waals surface area (Å²) in [6.45, 7) is 8.08. The molecule has 0 spiro atoms. The van der Waals surface area contributed by atoms with Crippen molar-refractivity contribution in [3.63, 3.8) is 0 Å². The molecule has 0 N–H and O–H groups in total. The summed E-state index contributed by atoms with van der Waals surface area (Å²) < 4.78 is 11.9. The van der Waals surface area contributed by atoms with Gasteiger partial charge in [-0.25, -0.2) is 0 Å². The molecule has 34 heavy (non-hydrogen) atoms. The van der Waals surface area contributed by atoms with E-state index in [1.807, 2.05) is 54.6 Å². The highest BCUT2D eigenvalue weighted by atomic mass is 32.2. The van der Waals surface area contributed by atoms with Crippen LogP contribution in [0.3, 0.4) is 0 Å². The monoisotopic (exact) mass is 471 g/mol. The predicted molar refractivity (Wildman–Crippen MR) is 143 cm³/mol. The third-order valence-electron chi connectivity index (χ3n) is 6.44. The number of benzene rings is 4. The van der Waals surface area contributed by atoms with Gasteiger partial charge < -0.3 is 9.47 Å². The maximum Gasteiger partial charge on any atom is 0.216 e. The molecule has 1 aliphatic rings. The van der Waals surface area contributed by atoms with E-state index in [-0.39, 0.29) is 27.3 Å². The van der Waals surface area contributed by atoms with Crippen LogP contribution in [0.25, 0.3) is 21.5 Å². The molecule has 0 aromatic heterocycles. The molecular weight excluding hydrogens is 440 g/mol. The van der Waals surface area contributed by atoms with E-state index in [0.29, 0.717) is 0 Å². The van der Waals surface area contributed by atoms with E-state index in [9.17, 15) is 4.79 Å². The average molecular weight is 472 g/mol. The van der Waals surface area contributed by atoms with Gasteiger partial charge >= 0.3 is 0 Å². The highest BCUT2D eigenvalue weighted by Gasteiger charge is 2.46. The molecule has 1 saturated heterocycles. The molecule has 0 bridgehead atoms. The second kappa shape index (κ2) is 9.44. The summed E-state index contributed by atoms with van der Waals surface area (Å²) in [6.07, 6.45) is 0. The minimum absolute atomic E-state index is 0.0185. The second-order valence-corrected chi connectivity index (χ2v) is 12.3. The minimum atomic E-state index is -0.112. The number of hydrogen-bond acceptors (Lipinski definition) is 3. The lowest BCUT2D eigenvalue weighted by molar-refractivity contribution is 0.0947. The first-order chi connectivity index (χ1) is 16.4. The Morgan fingerprint density at radius 2 is 1.53 bits per heavy atom. The molecule has 1 unspecified atom stereocenters. The van der Waals surface area contributed by atoms with E-state index in [1.54, 1.807) is 0 Å². The molecule has 1 fully saturated rings. The van der Waals surface area contributed by atoms with Gasteiger partial charge in [0.05, 0.1) is 13.2 Å². The standard InChI is InChI=1S/C30H31O3S/c1-30(2,3)29(34-18-16-32-17-19-34)28(31)26-14-15-27(25-11-7-6-10-24(25)26)33-23-13-12-21-8-4-5-9-22(21)20-23/h4-15,20,29H,16-19H2,1-3H3/q+1. The third kappa shape index (κ3) is 4.57. The van der Waals surface area contributed by atoms with Gasteiger partial charge in [-0.15, -0.1) is 0 Å². The number of ether oxygens (including phenoxy) is 2. The second-order valence-electron chi connectivity index (χ2n) is 9.94. The Bertz CT molecular complexity index is 1330. The van der Waals surface area contributed by atoms with Crippen molar-refractivity contribution in [3.8, 4) is 11.5 Å². The molecule has 0 radical (unpaired) electrons. The van der Waals surface area contributed by atoms with Gasteiger partial charge in [0, 0.05) is 27.3 Å². The number of ketones is 1.